The van der Waals surface area contributed by atoms with Crippen molar-refractivity contribution < 1.29 is 18.8 Å². The summed E-state index contributed by atoms with van der Waals surface area (Å²) in [6.45, 7) is 0.629. The Labute approximate surface area is 211 Å². The van der Waals surface area contributed by atoms with Gasteiger partial charge in [0, 0.05) is 41.8 Å². The minimum Gasteiger partial charge on any atom is -0.497 e. The van der Waals surface area contributed by atoms with E-state index < -0.39 is 17.0 Å². The van der Waals surface area contributed by atoms with Crippen molar-refractivity contribution in [2.45, 2.75) is 24.3 Å². The SMILES string of the molecule is COc1ccc2c(c1)c(CCC(=O)O)cn2S(=O)c1ccc(CNc2ccc3ncccc3c2)cc1. The van der Waals surface area contributed by atoms with Crippen molar-refractivity contribution in [3.63, 3.8) is 0 Å². The van der Waals surface area contributed by atoms with E-state index in [2.05, 4.69) is 16.4 Å². The molecule has 7 nitrogen and oxygen atoms in total. The zero-order valence-corrected chi connectivity index (χ0v) is 20.5. The molecule has 2 N–H and O–H groups in total. The Kier molecular flexibility index (Phi) is 6.69. The van der Waals surface area contributed by atoms with E-state index in [1.807, 2.05) is 66.7 Å². The maximum Gasteiger partial charge on any atom is 0.303 e. The average molecular weight is 500 g/mol. The zero-order chi connectivity index (χ0) is 25.1. The molecule has 5 aromatic rings. The van der Waals surface area contributed by atoms with Crippen LogP contribution in [0, 0.1) is 0 Å². The van der Waals surface area contributed by atoms with Crippen molar-refractivity contribution in [2.75, 3.05) is 12.4 Å². The van der Waals surface area contributed by atoms with Crippen LogP contribution in [0.15, 0.2) is 90.1 Å². The molecular weight excluding hydrogens is 474 g/mol. The quantitative estimate of drug-likeness (QED) is 0.282. The van der Waals surface area contributed by atoms with Crippen molar-refractivity contribution in [1.29, 1.82) is 0 Å². The first kappa shape index (κ1) is 23.6. The van der Waals surface area contributed by atoms with Crippen LogP contribution in [0.4, 0.5) is 5.69 Å². The molecule has 0 aliphatic carbocycles. The Morgan fingerprint density at radius 3 is 2.69 bits per heavy atom. The first-order valence-electron chi connectivity index (χ1n) is 11.5. The first-order chi connectivity index (χ1) is 17.5. The normalized spacial score (nSPS) is 12.0. The molecule has 0 amide bonds. The second-order valence-electron chi connectivity index (χ2n) is 8.41. The second kappa shape index (κ2) is 10.2. The van der Waals surface area contributed by atoms with Gasteiger partial charge < -0.3 is 15.2 Å². The molecule has 0 aliphatic rings. The maximum absolute atomic E-state index is 13.5. The maximum atomic E-state index is 13.5. The summed E-state index contributed by atoms with van der Waals surface area (Å²) in [4.78, 5) is 16.1. The van der Waals surface area contributed by atoms with Crippen molar-refractivity contribution in [3.05, 3.63) is 96.3 Å². The molecule has 3 aromatic carbocycles. The van der Waals surface area contributed by atoms with E-state index in [9.17, 15) is 9.00 Å². The molecular formula is C28H25N3O4S. The zero-order valence-electron chi connectivity index (χ0n) is 19.7. The van der Waals surface area contributed by atoms with Crippen LogP contribution in [0.3, 0.4) is 0 Å². The minimum atomic E-state index is -1.49. The number of hydrogen-bond acceptors (Lipinski definition) is 5. The molecule has 8 heteroatoms. The van der Waals surface area contributed by atoms with Gasteiger partial charge in [-0.15, -0.1) is 0 Å². The fourth-order valence-corrected chi connectivity index (χ4v) is 5.33. The number of nitrogens with zero attached hydrogens (tertiary/aromatic N) is 2. The molecule has 0 spiro atoms. The van der Waals surface area contributed by atoms with E-state index in [-0.39, 0.29) is 6.42 Å². The van der Waals surface area contributed by atoms with Gasteiger partial charge >= 0.3 is 5.97 Å². The lowest BCUT2D eigenvalue weighted by Crippen LogP contribution is -2.04. The summed E-state index contributed by atoms with van der Waals surface area (Å²) in [5.41, 5.74) is 4.62. The Morgan fingerprint density at radius 1 is 1.08 bits per heavy atom. The van der Waals surface area contributed by atoms with Crippen molar-refractivity contribution >= 4 is 44.4 Å². The molecule has 36 heavy (non-hydrogen) atoms. The average Bonchev–Trinajstić information content (AvgIpc) is 3.28. The number of aromatic nitrogens is 2. The third kappa shape index (κ3) is 4.94. The molecule has 5 rings (SSSR count). The Balaban J connectivity index is 1.35. The topological polar surface area (TPSA) is 93.5 Å². The van der Waals surface area contributed by atoms with Gasteiger partial charge in [-0.1, -0.05) is 18.2 Å². The Bertz CT molecular complexity index is 1580. The van der Waals surface area contributed by atoms with E-state index in [0.717, 1.165) is 38.6 Å². The van der Waals surface area contributed by atoms with Crippen LogP contribution < -0.4 is 10.1 Å². The third-order valence-electron chi connectivity index (χ3n) is 6.07. The number of carboxylic acid groups (broad SMARTS) is 1. The number of aryl methyl sites for hydroxylation is 1. The van der Waals surface area contributed by atoms with E-state index in [0.29, 0.717) is 23.6 Å². The number of ether oxygens (including phenoxy) is 1. The van der Waals surface area contributed by atoms with Gasteiger partial charge in [-0.05, 0) is 72.1 Å². The lowest BCUT2D eigenvalue weighted by molar-refractivity contribution is -0.136. The summed E-state index contributed by atoms with van der Waals surface area (Å²) in [5, 5.41) is 14.5. The fraction of sp³-hybridized carbons (Fsp3) is 0.143. The van der Waals surface area contributed by atoms with E-state index in [4.69, 9.17) is 9.84 Å². The predicted octanol–water partition coefficient (Wildman–Crippen LogP) is 5.40. The number of nitrogens with one attached hydrogen (secondary N) is 1. The van der Waals surface area contributed by atoms with Gasteiger partial charge in [-0.3, -0.25) is 13.8 Å². The third-order valence-corrected chi connectivity index (χ3v) is 7.41. The molecule has 0 aliphatic heterocycles. The second-order valence-corrected chi connectivity index (χ2v) is 9.78. The molecule has 0 radical (unpaired) electrons. The number of rotatable bonds is 9. The number of fused-ring (bicyclic) bond motifs is 2. The highest BCUT2D eigenvalue weighted by Gasteiger charge is 2.16. The monoisotopic (exact) mass is 499 g/mol. The Morgan fingerprint density at radius 2 is 1.92 bits per heavy atom. The number of carbonyl (C=O) groups is 1. The van der Waals surface area contributed by atoms with Crippen molar-refractivity contribution in [1.82, 2.24) is 8.96 Å². The highest BCUT2D eigenvalue weighted by Crippen LogP contribution is 2.29. The molecule has 1 unspecified atom stereocenters. The summed E-state index contributed by atoms with van der Waals surface area (Å²) in [6.07, 6.45) is 3.91. The van der Waals surface area contributed by atoms with Crippen LogP contribution in [0.2, 0.25) is 0 Å². The van der Waals surface area contributed by atoms with E-state index in [1.54, 1.807) is 23.5 Å². The number of anilines is 1. The van der Waals surface area contributed by atoms with E-state index in [1.165, 1.54) is 0 Å². The van der Waals surface area contributed by atoms with Gasteiger partial charge in [0.15, 0.2) is 11.0 Å². The minimum absolute atomic E-state index is 0.00161. The van der Waals surface area contributed by atoms with Crippen molar-refractivity contribution in [3.8, 4) is 5.75 Å². The van der Waals surface area contributed by atoms with Gasteiger partial charge in [-0.25, -0.2) is 4.21 Å². The summed E-state index contributed by atoms with van der Waals surface area (Å²) in [5.74, 6) is -0.202. The number of aliphatic carboxylic acids is 1. The van der Waals surface area contributed by atoms with E-state index >= 15 is 0 Å². The molecule has 0 saturated carbocycles. The number of hydrogen-bond donors (Lipinski definition) is 2. The number of pyridine rings is 1. The van der Waals surface area contributed by atoms with Crippen LogP contribution in [-0.2, 0) is 28.7 Å². The van der Waals surface area contributed by atoms with Crippen LogP contribution in [-0.4, -0.2) is 31.4 Å². The fourth-order valence-electron chi connectivity index (χ4n) is 4.18. The predicted molar refractivity (Wildman–Crippen MR) is 142 cm³/mol. The van der Waals surface area contributed by atoms with Crippen LogP contribution in [0.25, 0.3) is 21.8 Å². The molecule has 0 bridgehead atoms. The van der Waals surface area contributed by atoms with Gasteiger partial charge in [0.1, 0.15) is 5.75 Å². The molecule has 0 saturated heterocycles. The lowest BCUT2D eigenvalue weighted by Gasteiger charge is -2.09. The number of benzene rings is 3. The number of methoxy groups -OCH3 is 1. The lowest BCUT2D eigenvalue weighted by atomic mass is 10.1. The van der Waals surface area contributed by atoms with Gasteiger partial charge in [0.05, 0.1) is 23.0 Å². The van der Waals surface area contributed by atoms with Crippen LogP contribution in [0.5, 0.6) is 5.75 Å². The summed E-state index contributed by atoms with van der Waals surface area (Å²) < 4.78 is 20.5. The summed E-state index contributed by atoms with van der Waals surface area (Å²) in [6, 6.07) is 23.2. The number of carboxylic acids is 1. The summed E-state index contributed by atoms with van der Waals surface area (Å²) >= 11 is 0. The van der Waals surface area contributed by atoms with Gasteiger partial charge in [-0.2, -0.15) is 0 Å². The van der Waals surface area contributed by atoms with Crippen LogP contribution >= 0.6 is 0 Å². The molecule has 1 atom stereocenters. The smallest absolute Gasteiger partial charge is 0.303 e. The highest BCUT2D eigenvalue weighted by atomic mass is 32.2. The van der Waals surface area contributed by atoms with Crippen molar-refractivity contribution in [2.24, 2.45) is 0 Å². The van der Waals surface area contributed by atoms with Crippen LogP contribution in [0.1, 0.15) is 17.5 Å². The first-order valence-corrected chi connectivity index (χ1v) is 12.6. The molecule has 2 heterocycles. The highest BCUT2D eigenvalue weighted by molar-refractivity contribution is 7.83. The molecule has 0 fully saturated rings. The van der Waals surface area contributed by atoms with Gasteiger partial charge in [0.2, 0.25) is 0 Å². The van der Waals surface area contributed by atoms with Gasteiger partial charge in [0.25, 0.3) is 0 Å². The summed E-state index contributed by atoms with van der Waals surface area (Å²) in [7, 11) is 0.0979. The largest absolute Gasteiger partial charge is 0.497 e. The molecule has 2 aromatic heterocycles. The molecule has 182 valence electrons. The Hall–Kier alpha value is -4.17. The standard InChI is InChI=1S/C28H25N3O4S/c1-35-23-8-12-27-25(16-23)21(6-13-28(32)33)18-31(27)36(34)24-9-4-19(5-10-24)17-30-22-7-11-26-20(15-22)3-2-14-29-26/h2-5,7-12,14-16,18,30H,6,13,17H2,1H3,(H,32,33).